The average molecular weight is 491 g/mol. The third-order valence-electron chi connectivity index (χ3n) is 6.77. The fourth-order valence-corrected chi connectivity index (χ4v) is 5.50. The van der Waals surface area contributed by atoms with E-state index >= 15 is 0 Å². The number of anilines is 1. The van der Waals surface area contributed by atoms with Crippen molar-refractivity contribution in [1.29, 1.82) is 0 Å². The predicted octanol–water partition coefficient (Wildman–Crippen LogP) is 5.24. The summed E-state index contributed by atoms with van der Waals surface area (Å²) in [6, 6.07) is 6.72. The topological polar surface area (TPSA) is 83.8 Å². The Bertz CT molecular complexity index is 1440. The van der Waals surface area contributed by atoms with Crippen molar-refractivity contribution in [1.82, 2.24) is 24.5 Å². The van der Waals surface area contributed by atoms with E-state index in [1.807, 2.05) is 30.9 Å². The molecule has 1 aromatic carbocycles. The summed E-state index contributed by atoms with van der Waals surface area (Å²) in [5.41, 5.74) is 12.7. The highest BCUT2D eigenvalue weighted by Gasteiger charge is 2.29. The van der Waals surface area contributed by atoms with Gasteiger partial charge in [-0.05, 0) is 56.2 Å². The number of ether oxygens (including phenoxy) is 1. The monoisotopic (exact) mass is 490 g/mol. The van der Waals surface area contributed by atoms with Gasteiger partial charge >= 0.3 is 0 Å². The molecule has 0 radical (unpaired) electrons. The second-order valence-corrected chi connectivity index (χ2v) is 10.2. The predicted molar refractivity (Wildman–Crippen MR) is 135 cm³/mol. The maximum atomic E-state index is 14.4. The average Bonchev–Trinajstić information content (AvgIpc) is 3.48. The Balaban J connectivity index is 1.63. The Labute approximate surface area is 207 Å². The molecule has 1 fully saturated rings. The van der Waals surface area contributed by atoms with Gasteiger partial charge in [0.05, 0.1) is 11.4 Å². The van der Waals surface area contributed by atoms with Gasteiger partial charge in [0, 0.05) is 60.2 Å². The van der Waals surface area contributed by atoms with Crippen molar-refractivity contribution in [2.45, 2.75) is 43.9 Å². The van der Waals surface area contributed by atoms with Crippen molar-refractivity contribution in [2.24, 2.45) is 13.0 Å². The number of thioether (sulfide) groups is 1. The number of rotatable bonds is 3. The molecule has 0 saturated heterocycles. The van der Waals surface area contributed by atoms with Gasteiger partial charge in [0.1, 0.15) is 16.9 Å². The number of fused-ring (bicyclic) bond motifs is 7. The molecule has 2 bridgehead atoms. The van der Waals surface area contributed by atoms with Gasteiger partial charge in [-0.2, -0.15) is 10.2 Å². The van der Waals surface area contributed by atoms with Crippen LogP contribution >= 0.6 is 11.8 Å². The summed E-state index contributed by atoms with van der Waals surface area (Å²) < 4.78 is 24.6. The van der Waals surface area contributed by atoms with Crippen molar-refractivity contribution >= 4 is 17.6 Å². The first-order valence-electron chi connectivity index (χ1n) is 11.8. The van der Waals surface area contributed by atoms with Crippen molar-refractivity contribution < 1.29 is 9.13 Å². The van der Waals surface area contributed by atoms with Crippen LogP contribution in [0.4, 0.5) is 10.2 Å². The van der Waals surface area contributed by atoms with E-state index in [-0.39, 0.29) is 5.82 Å². The van der Waals surface area contributed by atoms with E-state index in [9.17, 15) is 4.39 Å². The molecule has 35 heavy (non-hydrogen) atoms. The Hall–Kier alpha value is -3.33. The first-order chi connectivity index (χ1) is 16.9. The van der Waals surface area contributed by atoms with E-state index in [0.29, 0.717) is 29.5 Å². The molecule has 1 aliphatic carbocycles. The van der Waals surface area contributed by atoms with Gasteiger partial charge in [-0.15, -0.1) is 11.8 Å². The first kappa shape index (κ1) is 22.2. The largest absolute Gasteiger partial charge is 0.482 e. The minimum atomic E-state index is -0.466. The summed E-state index contributed by atoms with van der Waals surface area (Å²) in [6.45, 7) is 2.77. The summed E-state index contributed by atoms with van der Waals surface area (Å²) in [4.78, 5) is 4.47. The molecular weight excluding hydrogens is 463 g/mol. The molecule has 0 spiro atoms. The fourth-order valence-electron chi connectivity index (χ4n) is 4.90. The van der Waals surface area contributed by atoms with Crippen LogP contribution in [0.5, 0.6) is 5.75 Å². The third kappa shape index (κ3) is 3.97. The minimum Gasteiger partial charge on any atom is -0.482 e. The number of nitrogens with two attached hydrogens (primary N) is 1. The molecule has 9 heteroatoms. The number of benzene rings is 1. The summed E-state index contributed by atoms with van der Waals surface area (Å²) >= 11 is 1.64. The van der Waals surface area contributed by atoms with Crippen LogP contribution in [0.1, 0.15) is 42.6 Å². The molecule has 1 saturated carbocycles. The number of hydrogen-bond acceptors (Lipinski definition) is 6. The van der Waals surface area contributed by atoms with E-state index in [2.05, 4.69) is 15.9 Å². The lowest BCUT2D eigenvalue weighted by molar-refractivity contribution is 0.227. The van der Waals surface area contributed by atoms with Gasteiger partial charge in [0.15, 0.2) is 11.6 Å². The molecule has 4 heterocycles. The van der Waals surface area contributed by atoms with Gasteiger partial charge in [0.2, 0.25) is 0 Å². The highest BCUT2D eigenvalue weighted by Crippen LogP contribution is 2.41. The molecular formula is C26H27FN6OS. The smallest absolute Gasteiger partial charge is 0.166 e. The van der Waals surface area contributed by atoms with Crippen LogP contribution in [0.3, 0.4) is 0 Å². The Kier molecular flexibility index (Phi) is 5.32. The van der Waals surface area contributed by atoms with Crippen LogP contribution < -0.4 is 10.5 Å². The molecule has 4 aromatic rings. The molecule has 0 amide bonds. The van der Waals surface area contributed by atoms with Crippen LogP contribution in [0, 0.1) is 11.7 Å². The standard InChI is InChI=1S/C26H27FN6OS/c1-14-20-10-18(27)6-7-19(20)23-17(13-32(2)30-23)8-21-24(16-9-22(34-14)25(28)29-11-16)33(12-15-4-5-15)31-26(21)35-3/h6-7,9-11,13-15H,4-5,8,12H2,1-3H3,(H2,28,29)/t14-/m1/s1. The van der Waals surface area contributed by atoms with Crippen molar-refractivity contribution in [3.63, 3.8) is 0 Å². The maximum absolute atomic E-state index is 14.4. The number of nitrogens with zero attached hydrogens (tertiary/aromatic N) is 5. The SMILES string of the molecule is CSc1nn(CC2CC2)c2c1Cc1cn(C)nc1-c1ccc(F)cc1[C@@H](C)Oc1cc-2cnc1N. The normalized spacial score (nSPS) is 17.0. The van der Waals surface area contributed by atoms with Crippen LogP contribution in [-0.4, -0.2) is 30.8 Å². The van der Waals surface area contributed by atoms with Crippen molar-refractivity contribution in [2.75, 3.05) is 12.0 Å². The zero-order valence-electron chi connectivity index (χ0n) is 20.0. The number of pyridine rings is 1. The molecule has 6 rings (SSSR count). The van der Waals surface area contributed by atoms with Crippen LogP contribution in [0.2, 0.25) is 0 Å². The Morgan fingerprint density at radius 3 is 2.83 bits per heavy atom. The minimum absolute atomic E-state index is 0.300. The molecule has 2 aliphatic rings. The van der Waals surface area contributed by atoms with E-state index in [1.165, 1.54) is 25.0 Å². The highest BCUT2D eigenvalue weighted by molar-refractivity contribution is 7.98. The number of aryl methyl sites for hydroxylation is 1. The van der Waals surface area contributed by atoms with Crippen LogP contribution in [0.25, 0.3) is 22.5 Å². The zero-order valence-corrected chi connectivity index (χ0v) is 20.8. The highest BCUT2D eigenvalue weighted by atomic mass is 32.2. The fraction of sp³-hybridized carbons (Fsp3) is 0.346. The number of hydrogen-bond donors (Lipinski definition) is 1. The zero-order chi connectivity index (χ0) is 24.3. The second kappa shape index (κ2) is 8.41. The van der Waals surface area contributed by atoms with Gasteiger partial charge in [-0.1, -0.05) is 0 Å². The third-order valence-corrected chi connectivity index (χ3v) is 7.49. The van der Waals surface area contributed by atoms with Gasteiger partial charge in [-0.25, -0.2) is 9.37 Å². The number of halogens is 1. The van der Waals surface area contributed by atoms with Crippen molar-refractivity contribution in [3.05, 3.63) is 59.2 Å². The van der Waals surface area contributed by atoms with Crippen LogP contribution in [-0.2, 0) is 20.0 Å². The number of aromatic nitrogens is 5. The Morgan fingerprint density at radius 1 is 1.23 bits per heavy atom. The molecule has 1 aliphatic heterocycles. The second-order valence-electron chi connectivity index (χ2n) is 9.41. The summed E-state index contributed by atoms with van der Waals surface area (Å²) in [6.07, 6.45) is 8.53. The lowest BCUT2D eigenvalue weighted by atomic mass is 9.94. The van der Waals surface area contributed by atoms with Crippen molar-refractivity contribution in [3.8, 4) is 28.3 Å². The summed E-state index contributed by atoms with van der Waals surface area (Å²) in [7, 11) is 1.91. The molecule has 3 aromatic heterocycles. The van der Waals surface area contributed by atoms with Crippen LogP contribution in [0.15, 0.2) is 41.7 Å². The lowest BCUT2D eigenvalue weighted by Crippen LogP contribution is -2.10. The molecule has 180 valence electrons. The van der Waals surface area contributed by atoms with E-state index in [1.54, 1.807) is 24.0 Å². The summed E-state index contributed by atoms with van der Waals surface area (Å²) in [5.74, 6) is 1.11. The van der Waals surface area contributed by atoms with Gasteiger partial charge in [-0.3, -0.25) is 9.36 Å². The Morgan fingerprint density at radius 2 is 2.06 bits per heavy atom. The van der Waals surface area contributed by atoms with E-state index < -0.39 is 6.10 Å². The van der Waals surface area contributed by atoms with Gasteiger partial charge < -0.3 is 10.5 Å². The van der Waals surface area contributed by atoms with Gasteiger partial charge in [0.25, 0.3) is 0 Å². The summed E-state index contributed by atoms with van der Waals surface area (Å²) in [5, 5.41) is 10.8. The number of nitrogen functional groups attached to an aromatic ring is 1. The molecule has 7 nitrogen and oxygen atoms in total. The van der Waals surface area contributed by atoms with E-state index in [4.69, 9.17) is 20.7 Å². The van der Waals surface area contributed by atoms with E-state index in [0.717, 1.165) is 45.2 Å². The lowest BCUT2D eigenvalue weighted by Gasteiger charge is -2.21. The first-order valence-corrected chi connectivity index (χ1v) is 13.0. The molecule has 0 unspecified atom stereocenters. The molecule has 1 atom stereocenters. The maximum Gasteiger partial charge on any atom is 0.166 e. The molecule has 2 N–H and O–H groups in total. The quantitative estimate of drug-likeness (QED) is 0.395.